The average molecular weight is 220 g/mol. The number of nitrogens with two attached hydrogens (primary N) is 1. The molecule has 6 nitrogen and oxygen atoms in total. The Balaban J connectivity index is -0.000000126. The molecule has 0 spiro atoms. The van der Waals surface area contributed by atoms with Crippen LogP contribution in [0.3, 0.4) is 0 Å². The summed E-state index contributed by atoms with van der Waals surface area (Å²) in [5.74, 6) is -2.15. The molecule has 0 fully saturated rings. The summed E-state index contributed by atoms with van der Waals surface area (Å²) in [6, 6.07) is 0. The van der Waals surface area contributed by atoms with Crippen LogP contribution in [-0.2, 0) is 26.7 Å². The van der Waals surface area contributed by atoms with E-state index in [1.807, 2.05) is 0 Å². The molecule has 0 aliphatic carbocycles. The first-order valence-corrected chi connectivity index (χ1v) is 2.74. The molecular weight excluding hydrogens is 209 g/mol. The third-order valence-electron chi connectivity index (χ3n) is 0.532. The van der Waals surface area contributed by atoms with Crippen molar-refractivity contribution in [3.8, 4) is 0 Å². The number of hydrogen-bond acceptors (Lipinski definition) is 4. The van der Waals surface area contributed by atoms with Crippen molar-refractivity contribution in [1.29, 1.82) is 0 Å². The van der Waals surface area contributed by atoms with Crippen LogP contribution in [0.15, 0.2) is 0 Å². The van der Waals surface area contributed by atoms with E-state index in [1.165, 1.54) is 6.92 Å². The van der Waals surface area contributed by atoms with Gasteiger partial charge in [0.2, 0.25) is 0 Å². The third-order valence-corrected chi connectivity index (χ3v) is 0.532. The number of hydrogen-bond donors (Lipinski definition) is 4. The topological polar surface area (TPSA) is 121 Å². The van der Waals surface area contributed by atoms with Crippen LogP contribution in [0.2, 0.25) is 0 Å². The van der Waals surface area contributed by atoms with Gasteiger partial charge in [-0.05, 0) is 6.92 Å². The van der Waals surface area contributed by atoms with E-state index in [9.17, 15) is 9.59 Å². The molecule has 0 aliphatic heterocycles. The summed E-state index contributed by atoms with van der Waals surface area (Å²) >= 11 is 0. The Morgan fingerprint density at radius 1 is 1.42 bits per heavy atom. The average Bonchev–Trinajstić information content (AvgIpc) is 1.89. The van der Waals surface area contributed by atoms with Crippen molar-refractivity contribution in [1.82, 2.24) is 0 Å². The molecular formula is C5H11MnNO5. The van der Waals surface area contributed by atoms with Gasteiger partial charge in [0.25, 0.3) is 0 Å². The van der Waals surface area contributed by atoms with Crippen LogP contribution in [0.25, 0.3) is 0 Å². The molecule has 0 heterocycles. The zero-order chi connectivity index (χ0) is 9.44. The van der Waals surface area contributed by atoms with Crippen molar-refractivity contribution in [3.05, 3.63) is 0 Å². The molecule has 0 rings (SSSR count). The van der Waals surface area contributed by atoms with E-state index in [1.54, 1.807) is 0 Å². The Morgan fingerprint density at radius 2 is 1.58 bits per heavy atom. The zero-order valence-electron chi connectivity index (χ0n) is 6.40. The van der Waals surface area contributed by atoms with Crippen molar-refractivity contribution in [2.45, 2.75) is 13.0 Å². The molecule has 0 aliphatic rings. The Hall–Kier alpha value is -0.621. The SMILES string of the molecule is CC(O)C(=O)O.NCC(=O)O.[Mn]. The molecule has 0 aromatic heterocycles. The Morgan fingerprint density at radius 3 is 1.58 bits per heavy atom. The molecule has 0 bridgehead atoms. The fourth-order valence-electron chi connectivity index (χ4n) is 0. The van der Waals surface area contributed by atoms with E-state index < -0.39 is 18.0 Å². The molecule has 5 N–H and O–H groups in total. The minimum Gasteiger partial charge on any atom is -0.480 e. The predicted molar refractivity (Wildman–Crippen MR) is 36.0 cm³/mol. The summed E-state index contributed by atoms with van der Waals surface area (Å²) in [6.45, 7) is 0.919. The van der Waals surface area contributed by atoms with Crippen LogP contribution in [0, 0.1) is 0 Å². The quantitative estimate of drug-likeness (QED) is 0.419. The second-order valence-electron chi connectivity index (χ2n) is 1.61. The fourth-order valence-corrected chi connectivity index (χ4v) is 0. The van der Waals surface area contributed by atoms with Gasteiger partial charge >= 0.3 is 11.9 Å². The van der Waals surface area contributed by atoms with E-state index in [4.69, 9.17) is 15.3 Å². The predicted octanol–water partition coefficient (Wildman–Crippen LogP) is -1.52. The van der Waals surface area contributed by atoms with Gasteiger partial charge < -0.3 is 21.1 Å². The molecule has 1 atom stereocenters. The Bertz CT molecular complexity index is 138. The van der Waals surface area contributed by atoms with Crippen molar-refractivity contribution < 1.29 is 42.0 Å². The van der Waals surface area contributed by atoms with Crippen molar-refractivity contribution in [3.63, 3.8) is 0 Å². The van der Waals surface area contributed by atoms with E-state index in [0.717, 1.165) is 0 Å². The second-order valence-corrected chi connectivity index (χ2v) is 1.61. The molecule has 7 heteroatoms. The van der Waals surface area contributed by atoms with Crippen LogP contribution in [0.5, 0.6) is 0 Å². The monoisotopic (exact) mass is 220 g/mol. The summed E-state index contributed by atoms with van der Waals surface area (Å²) in [5, 5.41) is 23.4. The normalized spacial score (nSPS) is 9.92. The van der Waals surface area contributed by atoms with Crippen LogP contribution in [-0.4, -0.2) is 39.9 Å². The van der Waals surface area contributed by atoms with Crippen LogP contribution in [0.1, 0.15) is 6.92 Å². The van der Waals surface area contributed by atoms with E-state index in [2.05, 4.69) is 5.73 Å². The minimum atomic E-state index is -1.23. The first-order chi connectivity index (χ1) is 4.91. The second kappa shape index (κ2) is 10.4. The van der Waals surface area contributed by atoms with E-state index in [-0.39, 0.29) is 23.6 Å². The van der Waals surface area contributed by atoms with Crippen molar-refractivity contribution in [2.24, 2.45) is 5.73 Å². The summed E-state index contributed by atoms with van der Waals surface area (Å²) in [6.07, 6.45) is -1.23. The number of rotatable bonds is 2. The van der Waals surface area contributed by atoms with E-state index >= 15 is 0 Å². The van der Waals surface area contributed by atoms with Gasteiger partial charge in [-0.3, -0.25) is 4.79 Å². The number of aliphatic hydroxyl groups is 1. The maximum absolute atomic E-state index is 9.45. The minimum absolute atomic E-state index is 0. The van der Waals surface area contributed by atoms with Crippen molar-refractivity contribution >= 4 is 11.9 Å². The first kappa shape index (κ1) is 17.5. The number of aliphatic carboxylic acids is 2. The maximum atomic E-state index is 9.45. The molecule has 0 aromatic rings. The van der Waals surface area contributed by atoms with Gasteiger partial charge in [-0.25, -0.2) is 4.79 Å². The molecule has 73 valence electrons. The maximum Gasteiger partial charge on any atom is 0.332 e. The summed E-state index contributed by atoms with van der Waals surface area (Å²) in [5.41, 5.74) is 4.57. The smallest absolute Gasteiger partial charge is 0.332 e. The van der Waals surface area contributed by atoms with Crippen molar-refractivity contribution in [2.75, 3.05) is 6.54 Å². The zero-order valence-corrected chi connectivity index (χ0v) is 7.58. The summed E-state index contributed by atoms with van der Waals surface area (Å²) < 4.78 is 0. The van der Waals surface area contributed by atoms with Gasteiger partial charge in [-0.15, -0.1) is 0 Å². The van der Waals surface area contributed by atoms with Gasteiger partial charge in [0, 0.05) is 17.1 Å². The molecule has 1 unspecified atom stereocenters. The van der Waals surface area contributed by atoms with Gasteiger partial charge in [0.15, 0.2) is 0 Å². The number of aliphatic hydroxyl groups excluding tert-OH is 1. The Labute approximate surface area is 79.8 Å². The summed E-state index contributed by atoms with van der Waals surface area (Å²) in [7, 11) is 0. The number of carbonyl (C=O) groups is 2. The van der Waals surface area contributed by atoms with Gasteiger partial charge in [-0.1, -0.05) is 0 Å². The fraction of sp³-hybridized carbons (Fsp3) is 0.600. The third kappa shape index (κ3) is 22.8. The molecule has 0 aromatic carbocycles. The van der Waals surface area contributed by atoms with Crippen LogP contribution >= 0.6 is 0 Å². The molecule has 0 amide bonds. The van der Waals surface area contributed by atoms with Gasteiger partial charge in [0.1, 0.15) is 6.10 Å². The van der Waals surface area contributed by atoms with Crippen LogP contribution in [0.4, 0.5) is 0 Å². The molecule has 0 saturated carbocycles. The van der Waals surface area contributed by atoms with Gasteiger partial charge in [-0.2, -0.15) is 0 Å². The number of carboxylic acids is 2. The first-order valence-electron chi connectivity index (χ1n) is 2.74. The molecule has 12 heavy (non-hydrogen) atoms. The Kier molecular flexibility index (Phi) is 15.1. The van der Waals surface area contributed by atoms with Gasteiger partial charge in [0.05, 0.1) is 6.54 Å². The largest absolute Gasteiger partial charge is 0.480 e. The van der Waals surface area contributed by atoms with Crippen LogP contribution < -0.4 is 5.73 Å². The summed E-state index contributed by atoms with van der Waals surface area (Å²) in [4.78, 5) is 18.7. The standard InChI is InChI=1S/C3H6O3.C2H5NO2.Mn/c1-2(4)3(5)6;3-1-2(4)5;/h2,4H,1H3,(H,5,6);1,3H2,(H,4,5);. The van der Waals surface area contributed by atoms with E-state index in [0.29, 0.717) is 0 Å². The molecule has 0 saturated heterocycles. The molecule has 1 radical (unpaired) electrons. The number of carboxylic acid groups (broad SMARTS) is 2.